The van der Waals surface area contributed by atoms with Crippen LogP contribution in [0, 0.1) is 12.8 Å². The lowest BCUT2D eigenvalue weighted by atomic mass is 9.88. The quantitative estimate of drug-likeness (QED) is 0.895. The Hall–Kier alpha value is -2.14. The van der Waals surface area contributed by atoms with Gasteiger partial charge in [-0.15, -0.1) is 0 Å². The number of aliphatic carboxylic acids is 1. The summed E-state index contributed by atoms with van der Waals surface area (Å²) >= 11 is 0. The molecule has 2 atom stereocenters. The summed E-state index contributed by atoms with van der Waals surface area (Å²) < 4.78 is 0. The molecule has 2 aromatic rings. The number of aromatic nitrogens is 2. The van der Waals surface area contributed by atoms with Gasteiger partial charge in [0.05, 0.1) is 12.1 Å². The molecule has 3 rings (SSSR count). The van der Waals surface area contributed by atoms with Crippen molar-refractivity contribution >= 4 is 5.97 Å². The molecule has 0 unspecified atom stereocenters. The SMILES string of the molecule is Cc1cccc([C@@H]2CN(Cc3cn[nH]c3C(C)(C)C)C[C@H]2C(=O)O)c1. The number of rotatable bonds is 4. The van der Waals surface area contributed by atoms with Gasteiger partial charge in [0.15, 0.2) is 0 Å². The van der Waals surface area contributed by atoms with E-state index in [0.29, 0.717) is 6.54 Å². The summed E-state index contributed by atoms with van der Waals surface area (Å²) in [5.41, 5.74) is 4.57. The van der Waals surface area contributed by atoms with E-state index in [-0.39, 0.29) is 17.3 Å². The van der Waals surface area contributed by atoms with Crippen molar-refractivity contribution in [3.8, 4) is 0 Å². The molecule has 0 spiro atoms. The van der Waals surface area contributed by atoms with Crippen LogP contribution in [-0.4, -0.2) is 39.3 Å². The van der Waals surface area contributed by atoms with Gasteiger partial charge in [0.2, 0.25) is 0 Å². The minimum atomic E-state index is -0.711. The Balaban J connectivity index is 1.81. The molecule has 2 N–H and O–H groups in total. The molecule has 1 aromatic carbocycles. The number of hydrogen-bond acceptors (Lipinski definition) is 3. The molecule has 5 nitrogen and oxygen atoms in total. The molecule has 0 saturated carbocycles. The predicted octanol–water partition coefficient (Wildman–Crippen LogP) is 3.32. The smallest absolute Gasteiger partial charge is 0.308 e. The van der Waals surface area contributed by atoms with Gasteiger partial charge in [-0.05, 0) is 12.5 Å². The first-order valence-corrected chi connectivity index (χ1v) is 8.80. The number of nitrogens with zero attached hydrogens (tertiary/aromatic N) is 2. The Bertz CT molecular complexity index is 760. The molecule has 1 saturated heterocycles. The van der Waals surface area contributed by atoms with E-state index in [2.05, 4.69) is 48.0 Å². The van der Waals surface area contributed by atoms with Crippen LogP contribution in [0.15, 0.2) is 30.5 Å². The van der Waals surface area contributed by atoms with E-state index in [9.17, 15) is 9.90 Å². The fraction of sp³-hybridized carbons (Fsp3) is 0.500. The van der Waals surface area contributed by atoms with Crippen LogP contribution in [0.4, 0.5) is 0 Å². The number of likely N-dealkylation sites (tertiary alicyclic amines) is 1. The van der Waals surface area contributed by atoms with Crippen LogP contribution < -0.4 is 0 Å². The summed E-state index contributed by atoms with van der Waals surface area (Å²) in [6.07, 6.45) is 1.87. The zero-order chi connectivity index (χ0) is 18.2. The van der Waals surface area contributed by atoms with E-state index in [1.165, 1.54) is 5.56 Å². The van der Waals surface area contributed by atoms with Gasteiger partial charge in [0.25, 0.3) is 0 Å². The van der Waals surface area contributed by atoms with Gasteiger partial charge < -0.3 is 5.11 Å². The maximum atomic E-state index is 11.8. The van der Waals surface area contributed by atoms with Crippen molar-refractivity contribution in [1.82, 2.24) is 15.1 Å². The molecule has 0 amide bonds. The van der Waals surface area contributed by atoms with E-state index < -0.39 is 5.97 Å². The summed E-state index contributed by atoms with van der Waals surface area (Å²) in [5.74, 6) is -1.05. The van der Waals surface area contributed by atoms with Crippen LogP contribution >= 0.6 is 0 Å². The number of carboxylic acid groups (broad SMARTS) is 1. The molecule has 2 heterocycles. The Labute approximate surface area is 149 Å². The summed E-state index contributed by atoms with van der Waals surface area (Å²) in [6.45, 7) is 10.6. The molecule has 1 aliphatic rings. The molecule has 0 radical (unpaired) electrons. The molecule has 1 aromatic heterocycles. The average Bonchev–Trinajstić information content (AvgIpc) is 3.14. The number of benzene rings is 1. The predicted molar refractivity (Wildman–Crippen MR) is 97.6 cm³/mol. The summed E-state index contributed by atoms with van der Waals surface area (Å²) in [6, 6.07) is 8.23. The highest BCUT2D eigenvalue weighted by molar-refractivity contribution is 5.72. The van der Waals surface area contributed by atoms with Gasteiger partial charge >= 0.3 is 5.97 Å². The zero-order valence-electron chi connectivity index (χ0n) is 15.4. The molecule has 0 bridgehead atoms. The lowest BCUT2D eigenvalue weighted by molar-refractivity contribution is -0.141. The van der Waals surface area contributed by atoms with Gasteiger partial charge in [-0.3, -0.25) is 14.8 Å². The maximum absolute atomic E-state index is 11.8. The first-order valence-electron chi connectivity index (χ1n) is 8.80. The minimum absolute atomic E-state index is 0.00625. The van der Waals surface area contributed by atoms with Crippen molar-refractivity contribution in [3.63, 3.8) is 0 Å². The van der Waals surface area contributed by atoms with E-state index in [1.54, 1.807) is 0 Å². The van der Waals surface area contributed by atoms with Crippen molar-refractivity contribution in [2.45, 2.75) is 45.6 Å². The van der Waals surface area contributed by atoms with Crippen LogP contribution in [0.1, 0.15) is 49.1 Å². The number of nitrogens with one attached hydrogen (secondary N) is 1. The molecule has 134 valence electrons. The standard InChI is InChI=1S/C20H27N3O2/c1-13-6-5-7-14(8-13)16-11-23(12-17(16)19(24)25)10-15-9-21-22-18(15)20(2,3)4/h5-9,16-17H,10-12H2,1-4H3,(H,21,22)(H,24,25)/t16-,17+/m0/s1. The molecule has 1 fully saturated rings. The number of aryl methyl sites for hydroxylation is 1. The fourth-order valence-electron chi connectivity index (χ4n) is 3.82. The van der Waals surface area contributed by atoms with Crippen LogP contribution in [0.3, 0.4) is 0 Å². The Morgan fingerprint density at radius 1 is 1.36 bits per heavy atom. The van der Waals surface area contributed by atoms with E-state index in [0.717, 1.165) is 29.9 Å². The molecule has 0 aliphatic carbocycles. The monoisotopic (exact) mass is 341 g/mol. The molecule has 25 heavy (non-hydrogen) atoms. The molecule has 1 aliphatic heterocycles. The topological polar surface area (TPSA) is 69.2 Å². The van der Waals surface area contributed by atoms with Crippen molar-refractivity contribution in [1.29, 1.82) is 0 Å². The second-order valence-electron chi connectivity index (χ2n) is 8.18. The minimum Gasteiger partial charge on any atom is -0.481 e. The fourth-order valence-corrected chi connectivity index (χ4v) is 3.82. The number of H-pyrrole nitrogens is 1. The van der Waals surface area contributed by atoms with Crippen molar-refractivity contribution in [2.75, 3.05) is 13.1 Å². The van der Waals surface area contributed by atoms with Crippen LogP contribution in [-0.2, 0) is 16.8 Å². The van der Waals surface area contributed by atoms with Crippen LogP contribution in [0.25, 0.3) is 0 Å². The molecule has 5 heteroatoms. The normalized spacial score (nSPS) is 21.6. The highest BCUT2D eigenvalue weighted by Gasteiger charge is 2.39. The van der Waals surface area contributed by atoms with Crippen molar-refractivity contribution in [3.05, 3.63) is 52.8 Å². The van der Waals surface area contributed by atoms with Gasteiger partial charge in [-0.25, -0.2) is 0 Å². The first-order chi connectivity index (χ1) is 11.8. The largest absolute Gasteiger partial charge is 0.481 e. The Morgan fingerprint density at radius 3 is 2.76 bits per heavy atom. The summed E-state index contributed by atoms with van der Waals surface area (Å²) in [4.78, 5) is 14.0. The third kappa shape index (κ3) is 3.76. The average molecular weight is 341 g/mol. The second kappa shape index (κ2) is 6.64. The third-order valence-corrected chi connectivity index (χ3v) is 5.04. The maximum Gasteiger partial charge on any atom is 0.308 e. The second-order valence-corrected chi connectivity index (χ2v) is 8.18. The van der Waals surface area contributed by atoms with Crippen LogP contribution in [0.5, 0.6) is 0 Å². The van der Waals surface area contributed by atoms with E-state index in [1.807, 2.05) is 25.3 Å². The Morgan fingerprint density at radius 2 is 2.12 bits per heavy atom. The van der Waals surface area contributed by atoms with Gasteiger partial charge in [0.1, 0.15) is 0 Å². The highest BCUT2D eigenvalue weighted by atomic mass is 16.4. The third-order valence-electron chi connectivity index (χ3n) is 5.04. The van der Waals surface area contributed by atoms with Crippen LogP contribution in [0.2, 0.25) is 0 Å². The van der Waals surface area contributed by atoms with Crippen molar-refractivity contribution < 1.29 is 9.90 Å². The zero-order valence-corrected chi connectivity index (χ0v) is 15.4. The number of aromatic amines is 1. The number of hydrogen-bond donors (Lipinski definition) is 2. The molecular weight excluding hydrogens is 314 g/mol. The number of carboxylic acids is 1. The molecular formula is C20H27N3O2. The first kappa shape index (κ1) is 17.7. The van der Waals surface area contributed by atoms with E-state index >= 15 is 0 Å². The van der Waals surface area contributed by atoms with Gasteiger partial charge in [0, 0.05) is 42.2 Å². The Kier molecular flexibility index (Phi) is 4.69. The summed E-state index contributed by atoms with van der Waals surface area (Å²) in [5, 5.41) is 17.0. The highest BCUT2D eigenvalue weighted by Crippen LogP contribution is 2.35. The van der Waals surface area contributed by atoms with E-state index in [4.69, 9.17) is 0 Å². The van der Waals surface area contributed by atoms with Crippen molar-refractivity contribution in [2.24, 2.45) is 5.92 Å². The lowest BCUT2D eigenvalue weighted by Gasteiger charge is -2.21. The van der Waals surface area contributed by atoms with Gasteiger partial charge in [-0.1, -0.05) is 50.6 Å². The lowest BCUT2D eigenvalue weighted by Crippen LogP contribution is -2.24. The number of carbonyl (C=O) groups is 1. The van der Waals surface area contributed by atoms with Gasteiger partial charge in [-0.2, -0.15) is 5.10 Å². The summed E-state index contributed by atoms with van der Waals surface area (Å²) in [7, 11) is 0.